The van der Waals surface area contributed by atoms with Crippen LogP contribution in [0.15, 0.2) is 85.8 Å². The Balaban J connectivity index is 1.20. The predicted octanol–water partition coefficient (Wildman–Crippen LogP) is 6.11. The van der Waals surface area contributed by atoms with Crippen molar-refractivity contribution in [3.05, 3.63) is 104 Å². The summed E-state index contributed by atoms with van der Waals surface area (Å²) >= 11 is 5.04. The van der Waals surface area contributed by atoms with Crippen molar-refractivity contribution in [2.45, 2.75) is 25.7 Å². The number of hydrogen-bond acceptors (Lipinski definition) is 6. The normalized spacial score (nSPS) is 13.2. The first-order valence-electron chi connectivity index (χ1n) is 11.9. The van der Waals surface area contributed by atoms with Crippen LogP contribution in [0.5, 0.6) is 0 Å². The highest BCUT2D eigenvalue weighted by atomic mass is 79.9. The smallest absolute Gasteiger partial charge is 0.271 e. The zero-order chi connectivity index (χ0) is 25.4. The van der Waals surface area contributed by atoms with E-state index in [4.69, 9.17) is 4.42 Å². The number of aryl methyl sites for hydroxylation is 2. The molecule has 2 aromatic carbocycles. The van der Waals surface area contributed by atoms with Gasteiger partial charge in [-0.15, -0.1) is 11.3 Å². The van der Waals surface area contributed by atoms with Gasteiger partial charge in [0.1, 0.15) is 22.7 Å². The van der Waals surface area contributed by atoms with Crippen LogP contribution >= 0.6 is 27.3 Å². The summed E-state index contributed by atoms with van der Waals surface area (Å²) in [7, 11) is 0. The van der Waals surface area contributed by atoms with Gasteiger partial charge < -0.3 is 4.42 Å². The van der Waals surface area contributed by atoms with E-state index < -0.39 is 5.91 Å². The third-order valence-corrected chi connectivity index (χ3v) is 8.10. The van der Waals surface area contributed by atoms with Gasteiger partial charge in [0.2, 0.25) is 0 Å². The predicted molar refractivity (Wildman–Crippen MR) is 149 cm³/mol. The fourth-order valence-corrected chi connectivity index (χ4v) is 6.02. The van der Waals surface area contributed by atoms with E-state index in [1.54, 1.807) is 48.0 Å². The number of thiophene rings is 1. The van der Waals surface area contributed by atoms with Crippen molar-refractivity contribution in [3.8, 4) is 17.0 Å². The molecule has 0 aliphatic heterocycles. The molecule has 3 heterocycles. The fraction of sp³-hybridized carbons (Fsp3) is 0.143. The Labute approximate surface area is 224 Å². The fourth-order valence-electron chi connectivity index (χ4n) is 4.54. The summed E-state index contributed by atoms with van der Waals surface area (Å²) in [5, 5.41) is 4.75. The summed E-state index contributed by atoms with van der Waals surface area (Å²) in [5.41, 5.74) is 5.47. The minimum absolute atomic E-state index is 0.0978. The molecule has 0 saturated heterocycles. The van der Waals surface area contributed by atoms with Crippen molar-refractivity contribution >= 4 is 49.6 Å². The summed E-state index contributed by atoms with van der Waals surface area (Å²) in [6.07, 6.45) is 7.16. The van der Waals surface area contributed by atoms with E-state index in [1.807, 2.05) is 30.3 Å². The Kier molecular flexibility index (Phi) is 6.31. The van der Waals surface area contributed by atoms with Crippen LogP contribution in [-0.4, -0.2) is 21.7 Å². The molecule has 0 saturated carbocycles. The van der Waals surface area contributed by atoms with Crippen molar-refractivity contribution in [2.75, 3.05) is 0 Å². The SMILES string of the molecule is O=C(N/N=C/c1ccc(-c2ccc(Br)cc2)o1)c1cccc(-n2cnc3sc4c(c3c2=O)CCCC4)c1. The molecule has 0 radical (unpaired) electrons. The minimum atomic E-state index is -0.396. The van der Waals surface area contributed by atoms with Crippen molar-refractivity contribution in [1.82, 2.24) is 15.0 Å². The number of benzene rings is 2. The third-order valence-electron chi connectivity index (χ3n) is 6.38. The van der Waals surface area contributed by atoms with E-state index in [0.29, 0.717) is 28.2 Å². The Morgan fingerprint density at radius 2 is 1.95 bits per heavy atom. The summed E-state index contributed by atoms with van der Waals surface area (Å²) in [6, 6.07) is 18.3. The zero-order valence-electron chi connectivity index (χ0n) is 19.6. The average Bonchev–Trinajstić information content (AvgIpc) is 3.54. The summed E-state index contributed by atoms with van der Waals surface area (Å²) in [4.78, 5) is 32.8. The third kappa shape index (κ3) is 4.68. The van der Waals surface area contributed by atoms with Crippen molar-refractivity contribution in [2.24, 2.45) is 5.10 Å². The molecule has 7 nitrogen and oxygen atoms in total. The number of amides is 1. The second kappa shape index (κ2) is 9.91. The van der Waals surface area contributed by atoms with E-state index in [0.717, 1.165) is 46.1 Å². The van der Waals surface area contributed by atoms with Crippen LogP contribution < -0.4 is 11.0 Å². The lowest BCUT2D eigenvalue weighted by Crippen LogP contribution is -2.21. The molecule has 1 amide bonds. The maximum absolute atomic E-state index is 13.4. The molecule has 1 aliphatic carbocycles. The van der Waals surface area contributed by atoms with Crippen LogP contribution in [0.2, 0.25) is 0 Å². The molecular formula is C28H21BrN4O3S. The molecule has 184 valence electrons. The minimum Gasteiger partial charge on any atom is -0.455 e. The summed E-state index contributed by atoms with van der Waals surface area (Å²) < 4.78 is 8.29. The molecule has 37 heavy (non-hydrogen) atoms. The molecule has 0 spiro atoms. The molecule has 6 rings (SSSR count). The van der Waals surface area contributed by atoms with Gasteiger partial charge in [-0.2, -0.15) is 5.10 Å². The van der Waals surface area contributed by atoms with Gasteiger partial charge in [-0.25, -0.2) is 10.4 Å². The number of rotatable bonds is 5. The Morgan fingerprint density at radius 1 is 1.11 bits per heavy atom. The molecule has 0 bridgehead atoms. The summed E-state index contributed by atoms with van der Waals surface area (Å²) in [6.45, 7) is 0. The van der Waals surface area contributed by atoms with Crippen molar-refractivity contribution < 1.29 is 9.21 Å². The number of nitrogens with zero attached hydrogens (tertiary/aromatic N) is 3. The molecule has 1 aliphatic rings. The number of hydrazone groups is 1. The average molecular weight is 573 g/mol. The van der Waals surface area contributed by atoms with E-state index in [2.05, 4.69) is 31.4 Å². The Morgan fingerprint density at radius 3 is 2.81 bits per heavy atom. The van der Waals surface area contributed by atoms with E-state index in [-0.39, 0.29) is 5.56 Å². The van der Waals surface area contributed by atoms with Crippen LogP contribution in [0.4, 0.5) is 0 Å². The van der Waals surface area contributed by atoms with Crippen LogP contribution in [0.1, 0.15) is 39.4 Å². The molecule has 0 fully saturated rings. The van der Waals surface area contributed by atoms with Crippen molar-refractivity contribution in [3.63, 3.8) is 0 Å². The van der Waals surface area contributed by atoms with Gasteiger partial charge in [-0.3, -0.25) is 14.2 Å². The quantitative estimate of drug-likeness (QED) is 0.203. The Hall–Kier alpha value is -3.82. The van der Waals surface area contributed by atoms with Gasteiger partial charge in [0.25, 0.3) is 11.5 Å². The van der Waals surface area contributed by atoms with Gasteiger partial charge in [0, 0.05) is 20.5 Å². The van der Waals surface area contributed by atoms with Gasteiger partial charge >= 0.3 is 0 Å². The number of aromatic nitrogens is 2. The maximum Gasteiger partial charge on any atom is 0.271 e. The molecule has 1 N–H and O–H groups in total. The lowest BCUT2D eigenvalue weighted by atomic mass is 9.97. The number of carbonyl (C=O) groups is 1. The summed E-state index contributed by atoms with van der Waals surface area (Å²) in [5.74, 6) is 0.820. The Bertz CT molecular complexity index is 1720. The zero-order valence-corrected chi connectivity index (χ0v) is 22.0. The number of furan rings is 1. The monoisotopic (exact) mass is 572 g/mol. The van der Waals surface area contributed by atoms with Crippen LogP contribution in [0.3, 0.4) is 0 Å². The maximum atomic E-state index is 13.4. The number of halogens is 1. The first-order chi connectivity index (χ1) is 18.1. The van der Waals surface area contributed by atoms with Gasteiger partial charge in [-0.05, 0) is 73.7 Å². The largest absolute Gasteiger partial charge is 0.455 e. The first kappa shape index (κ1) is 23.6. The lowest BCUT2D eigenvalue weighted by Gasteiger charge is -2.11. The first-order valence-corrected chi connectivity index (χ1v) is 13.5. The van der Waals surface area contributed by atoms with Gasteiger partial charge in [0.05, 0.1) is 17.3 Å². The number of nitrogens with one attached hydrogen (secondary N) is 1. The van der Waals surface area contributed by atoms with Gasteiger partial charge in [0.15, 0.2) is 0 Å². The van der Waals surface area contributed by atoms with Crippen LogP contribution in [0, 0.1) is 0 Å². The standard InChI is InChI=1S/C28H21BrN4O3S/c29-19-10-8-17(9-11-19)23-13-12-21(36-23)15-31-32-26(34)18-4-3-5-20(14-18)33-16-30-27-25(28(33)35)22-6-1-2-7-24(22)37-27/h3-5,8-16H,1-2,6-7H2,(H,32,34)/b31-15+. The number of carbonyl (C=O) groups excluding carboxylic acids is 1. The lowest BCUT2D eigenvalue weighted by molar-refractivity contribution is 0.0955. The van der Waals surface area contributed by atoms with E-state index in [1.165, 1.54) is 15.7 Å². The van der Waals surface area contributed by atoms with Crippen LogP contribution in [-0.2, 0) is 12.8 Å². The molecular weight excluding hydrogens is 552 g/mol. The highest BCUT2D eigenvalue weighted by molar-refractivity contribution is 9.10. The van der Waals surface area contributed by atoms with Gasteiger partial charge in [-0.1, -0.05) is 34.1 Å². The molecule has 9 heteroatoms. The number of fused-ring (bicyclic) bond motifs is 3. The molecule has 0 atom stereocenters. The molecule has 5 aromatic rings. The number of hydrogen-bond donors (Lipinski definition) is 1. The molecule has 3 aromatic heterocycles. The van der Waals surface area contributed by atoms with E-state index >= 15 is 0 Å². The van der Waals surface area contributed by atoms with Crippen molar-refractivity contribution in [1.29, 1.82) is 0 Å². The second-order valence-electron chi connectivity index (χ2n) is 8.77. The molecule has 0 unspecified atom stereocenters. The van der Waals surface area contributed by atoms with E-state index in [9.17, 15) is 9.59 Å². The highest BCUT2D eigenvalue weighted by Crippen LogP contribution is 2.33. The van der Waals surface area contributed by atoms with Crippen LogP contribution in [0.25, 0.3) is 27.2 Å². The topological polar surface area (TPSA) is 89.5 Å². The highest BCUT2D eigenvalue weighted by Gasteiger charge is 2.20. The second-order valence-corrected chi connectivity index (χ2v) is 10.8.